The minimum Gasteiger partial charge on any atom is -0.489 e. The van der Waals surface area contributed by atoms with Crippen molar-refractivity contribution in [2.45, 2.75) is 20.0 Å². The van der Waals surface area contributed by atoms with E-state index < -0.39 is 11.9 Å². The van der Waals surface area contributed by atoms with Gasteiger partial charge in [0.05, 0.1) is 23.0 Å². The molecule has 146 valence electrons. The maximum atomic E-state index is 12.8. The van der Waals surface area contributed by atoms with Gasteiger partial charge >= 0.3 is 6.03 Å². The first-order chi connectivity index (χ1) is 13.3. The number of primary amides is 1. The second kappa shape index (κ2) is 7.99. The highest BCUT2D eigenvalue weighted by atomic mass is 35.5. The number of imidazole rings is 1. The number of nitrogens with two attached hydrogens (primary N) is 1. The summed E-state index contributed by atoms with van der Waals surface area (Å²) in [6.07, 6.45) is -0.150. The predicted octanol–water partition coefficient (Wildman–Crippen LogP) is 3.99. The number of ether oxygens (including phenoxy) is 1. The van der Waals surface area contributed by atoms with E-state index in [-0.39, 0.29) is 22.6 Å². The number of aromatic nitrogens is 2. The lowest BCUT2D eigenvalue weighted by atomic mass is 10.1. The molecule has 3 amide bonds. The number of aromatic amines is 1. The summed E-state index contributed by atoms with van der Waals surface area (Å²) in [4.78, 5) is 31.4. The van der Waals surface area contributed by atoms with Crippen LogP contribution in [0.25, 0.3) is 11.0 Å². The quantitative estimate of drug-likeness (QED) is 0.468. The number of nitrogens with one attached hydrogen (secondary N) is 2. The Morgan fingerprint density at radius 2 is 2.07 bits per heavy atom. The van der Waals surface area contributed by atoms with Crippen LogP contribution in [-0.4, -0.2) is 28.0 Å². The average molecular weight is 420 g/mol. The van der Waals surface area contributed by atoms with Crippen LogP contribution >= 0.6 is 24.4 Å². The number of benzene rings is 2. The maximum absolute atomic E-state index is 12.8. The van der Waals surface area contributed by atoms with E-state index >= 15 is 0 Å². The van der Waals surface area contributed by atoms with Gasteiger partial charge in [-0.2, -0.15) is 0 Å². The van der Waals surface area contributed by atoms with Crippen LogP contribution in [0, 0.1) is 0 Å². The highest BCUT2D eigenvalue weighted by molar-refractivity contribution is 7.82. The number of carbonyl (C=O) groups is 2. The van der Waals surface area contributed by atoms with Crippen LogP contribution in [0.15, 0.2) is 36.4 Å². The van der Waals surface area contributed by atoms with Crippen molar-refractivity contribution < 1.29 is 14.3 Å². The summed E-state index contributed by atoms with van der Waals surface area (Å²) >= 11 is 10.2. The number of nitrogens with zero attached hydrogens (tertiary/aromatic N) is 2. The number of hydrogen-bond donors (Lipinski definition) is 4. The van der Waals surface area contributed by atoms with Crippen LogP contribution in [0.5, 0.6) is 5.75 Å². The van der Waals surface area contributed by atoms with E-state index in [4.69, 9.17) is 22.1 Å². The molecule has 8 nitrogen and oxygen atoms in total. The zero-order valence-electron chi connectivity index (χ0n) is 15.1. The molecule has 4 N–H and O–H groups in total. The molecule has 0 radical (unpaired) electrons. The normalized spacial score (nSPS) is 10.9. The van der Waals surface area contributed by atoms with Crippen LogP contribution in [0.3, 0.4) is 0 Å². The second-order valence-corrected chi connectivity index (χ2v) is 6.94. The smallest absolute Gasteiger partial charge is 0.336 e. The van der Waals surface area contributed by atoms with E-state index in [1.165, 1.54) is 12.1 Å². The molecule has 0 bridgehead atoms. The molecule has 1 heterocycles. The number of anilines is 2. The third kappa shape index (κ3) is 4.15. The number of thiol groups is 1. The number of hydrogen-bond acceptors (Lipinski definition) is 5. The fraction of sp³-hybridized carbons (Fsp3) is 0.167. The molecule has 0 unspecified atom stereocenters. The minimum absolute atomic E-state index is 0.150. The second-order valence-electron chi connectivity index (χ2n) is 6.18. The van der Waals surface area contributed by atoms with E-state index in [2.05, 4.69) is 28.1 Å². The van der Waals surface area contributed by atoms with Gasteiger partial charge in [0.1, 0.15) is 11.3 Å². The Kier molecular flexibility index (Phi) is 5.66. The van der Waals surface area contributed by atoms with Crippen molar-refractivity contribution in [2.24, 2.45) is 5.73 Å². The zero-order valence-corrected chi connectivity index (χ0v) is 16.7. The lowest BCUT2D eigenvalue weighted by Gasteiger charge is -2.21. The highest BCUT2D eigenvalue weighted by Crippen LogP contribution is 2.33. The van der Waals surface area contributed by atoms with Crippen molar-refractivity contribution in [3.63, 3.8) is 0 Å². The number of H-pyrrole nitrogens is 1. The molecule has 3 aromatic rings. The molecule has 0 saturated carbocycles. The van der Waals surface area contributed by atoms with Gasteiger partial charge in [0.25, 0.3) is 0 Å². The van der Waals surface area contributed by atoms with Gasteiger partial charge in [-0.25, -0.2) is 14.1 Å². The van der Waals surface area contributed by atoms with Gasteiger partial charge in [-0.3, -0.25) is 4.79 Å². The Labute approximate surface area is 171 Å². The molecule has 2 aromatic carbocycles. The van der Waals surface area contributed by atoms with Gasteiger partial charge in [-0.1, -0.05) is 18.9 Å². The molecule has 10 heteroatoms. The molecule has 0 aliphatic carbocycles. The number of halogens is 1. The number of fused-ring (bicyclic) bond motifs is 1. The van der Waals surface area contributed by atoms with Crippen molar-refractivity contribution in [3.05, 3.63) is 47.2 Å². The largest absolute Gasteiger partial charge is 0.489 e. The highest BCUT2D eigenvalue weighted by Gasteiger charge is 2.20. The molecular formula is C18H18ClN5O3S. The van der Waals surface area contributed by atoms with E-state index in [1.54, 1.807) is 24.3 Å². The van der Waals surface area contributed by atoms with Crippen molar-refractivity contribution in [1.29, 1.82) is 0 Å². The standard InChI is InChI=1S/C18H18ClN5O3S/c1-9(2)27-14-7-6-10(16(20)25)8-13(14)24(28)18(26)22-12-5-3-4-11-15(12)23-17(19)21-11/h3-9,28H,1-2H3,(H2,20,25)(H,21,23)(H,22,26). The topological polar surface area (TPSA) is 113 Å². The number of urea groups is 1. The summed E-state index contributed by atoms with van der Waals surface area (Å²) in [6, 6.07) is 9.17. The first-order valence-corrected chi connectivity index (χ1v) is 9.08. The van der Waals surface area contributed by atoms with Gasteiger partial charge in [0.15, 0.2) is 0 Å². The first-order valence-electron chi connectivity index (χ1n) is 8.31. The molecular weight excluding hydrogens is 402 g/mol. The van der Waals surface area contributed by atoms with Gasteiger partial charge in [-0.05, 0) is 55.8 Å². The third-order valence-electron chi connectivity index (χ3n) is 3.75. The molecule has 0 aliphatic heterocycles. The maximum Gasteiger partial charge on any atom is 0.336 e. The van der Waals surface area contributed by atoms with Gasteiger partial charge in [0, 0.05) is 5.56 Å². The van der Waals surface area contributed by atoms with E-state index in [0.717, 1.165) is 4.31 Å². The van der Waals surface area contributed by atoms with Crippen LogP contribution in [-0.2, 0) is 0 Å². The molecule has 0 saturated heterocycles. The van der Waals surface area contributed by atoms with Crippen molar-refractivity contribution in [2.75, 3.05) is 9.62 Å². The predicted molar refractivity (Wildman–Crippen MR) is 112 cm³/mol. The number of rotatable bonds is 5. The van der Waals surface area contributed by atoms with Crippen LogP contribution in [0.1, 0.15) is 24.2 Å². The summed E-state index contributed by atoms with van der Waals surface area (Å²) in [5.74, 6) is -0.249. The van der Waals surface area contributed by atoms with E-state index in [1.807, 2.05) is 13.8 Å². The summed E-state index contributed by atoms with van der Waals surface area (Å²) in [7, 11) is 0. The third-order valence-corrected chi connectivity index (χ3v) is 4.33. The molecule has 0 aliphatic rings. The molecule has 1 aromatic heterocycles. The van der Waals surface area contributed by atoms with Crippen LogP contribution in [0.2, 0.25) is 5.28 Å². The van der Waals surface area contributed by atoms with E-state index in [9.17, 15) is 9.59 Å². The van der Waals surface area contributed by atoms with Crippen LogP contribution in [0.4, 0.5) is 16.2 Å². The molecule has 3 rings (SSSR count). The SMILES string of the molecule is CC(C)Oc1ccc(C(N)=O)cc1N(S)C(=O)Nc1cccc2[nH]c(Cl)nc12. The Bertz CT molecular complexity index is 1050. The first kappa shape index (κ1) is 19.8. The Morgan fingerprint density at radius 3 is 2.75 bits per heavy atom. The fourth-order valence-corrected chi connectivity index (χ4v) is 2.96. The minimum atomic E-state index is -0.629. The summed E-state index contributed by atoms with van der Waals surface area (Å²) in [5, 5.41) is 2.93. The molecule has 28 heavy (non-hydrogen) atoms. The van der Waals surface area contributed by atoms with Crippen LogP contribution < -0.4 is 20.1 Å². The number of carbonyl (C=O) groups excluding carboxylic acids is 2. The number of amides is 3. The monoisotopic (exact) mass is 419 g/mol. The Hall–Kier alpha value is -2.91. The van der Waals surface area contributed by atoms with E-state index in [0.29, 0.717) is 22.5 Å². The molecule has 0 atom stereocenters. The summed E-state index contributed by atoms with van der Waals surface area (Å²) in [6.45, 7) is 3.69. The summed E-state index contributed by atoms with van der Waals surface area (Å²) < 4.78 is 6.76. The zero-order chi connectivity index (χ0) is 20.4. The molecule has 0 fully saturated rings. The van der Waals surface area contributed by atoms with Crippen molar-refractivity contribution in [1.82, 2.24) is 9.97 Å². The fourth-order valence-electron chi connectivity index (χ4n) is 2.57. The Morgan fingerprint density at radius 1 is 1.32 bits per heavy atom. The van der Waals surface area contributed by atoms with Crippen molar-refractivity contribution in [3.8, 4) is 5.75 Å². The van der Waals surface area contributed by atoms with Gasteiger partial charge < -0.3 is 20.8 Å². The lowest BCUT2D eigenvalue weighted by molar-refractivity contribution is 0.1000. The lowest BCUT2D eigenvalue weighted by Crippen LogP contribution is -2.28. The average Bonchev–Trinajstić information content (AvgIpc) is 3.02. The number of para-hydroxylation sites is 1. The summed E-state index contributed by atoms with van der Waals surface area (Å²) in [5.41, 5.74) is 7.47. The van der Waals surface area contributed by atoms with Crippen molar-refractivity contribution >= 4 is 58.8 Å². The molecule has 0 spiro atoms. The Balaban J connectivity index is 1.93. The van der Waals surface area contributed by atoms with Gasteiger partial charge in [0.2, 0.25) is 11.2 Å². The van der Waals surface area contributed by atoms with Gasteiger partial charge in [-0.15, -0.1) is 0 Å².